The van der Waals surface area contributed by atoms with Crippen LogP contribution in [0, 0.1) is 0 Å². The first-order valence-corrected chi connectivity index (χ1v) is 7.30. The largest absolute Gasteiger partial charge is 0.387 e. The molecule has 1 nitrogen and oxygen atoms in total. The second-order valence-corrected chi connectivity index (χ2v) is 6.85. The van der Waals surface area contributed by atoms with Crippen LogP contribution in [0.2, 0.25) is 10.0 Å². The van der Waals surface area contributed by atoms with E-state index in [1.165, 1.54) is 11.3 Å². The summed E-state index contributed by atoms with van der Waals surface area (Å²) in [4.78, 5) is 0.910. The zero-order valence-electron chi connectivity index (χ0n) is 8.66. The van der Waals surface area contributed by atoms with Crippen molar-refractivity contribution in [3.63, 3.8) is 0 Å². The number of aliphatic hydroxyl groups excluding tert-OH is 1. The zero-order valence-corrected chi connectivity index (χ0v) is 12.6. The molecule has 2 aromatic rings. The van der Waals surface area contributed by atoms with Gasteiger partial charge in [-0.15, -0.1) is 11.3 Å². The van der Waals surface area contributed by atoms with Crippen LogP contribution < -0.4 is 0 Å². The number of aliphatic hydroxyl groups is 1. The van der Waals surface area contributed by atoms with Gasteiger partial charge in [-0.25, -0.2) is 0 Å². The van der Waals surface area contributed by atoms with Crippen molar-refractivity contribution in [1.82, 2.24) is 0 Å². The minimum Gasteiger partial charge on any atom is -0.387 e. The average Bonchev–Trinajstić information content (AvgIpc) is 2.72. The van der Waals surface area contributed by atoms with E-state index in [0.29, 0.717) is 16.5 Å². The molecule has 1 atom stereocenters. The summed E-state index contributed by atoms with van der Waals surface area (Å²) in [5, 5.41) is 11.1. The number of hydrogen-bond donors (Lipinski definition) is 1. The summed E-state index contributed by atoms with van der Waals surface area (Å²) in [6.07, 6.45) is -0.0888. The van der Waals surface area contributed by atoms with Crippen LogP contribution in [0.5, 0.6) is 0 Å². The van der Waals surface area contributed by atoms with Crippen LogP contribution in [-0.2, 0) is 6.42 Å². The van der Waals surface area contributed by atoms with Gasteiger partial charge in [-0.05, 0) is 39.7 Å². The van der Waals surface area contributed by atoms with Crippen molar-refractivity contribution in [3.8, 4) is 0 Å². The van der Waals surface area contributed by atoms with Crippen LogP contribution in [0.1, 0.15) is 16.5 Å². The summed E-state index contributed by atoms with van der Waals surface area (Å²) in [6.45, 7) is 0. The lowest BCUT2D eigenvalue weighted by molar-refractivity contribution is 0.182. The Hall–Kier alpha value is -0.0600. The van der Waals surface area contributed by atoms with E-state index >= 15 is 0 Å². The fourth-order valence-electron chi connectivity index (χ4n) is 1.52. The number of benzene rings is 1. The maximum atomic E-state index is 10.1. The molecule has 1 N–H and O–H groups in total. The fourth-order valence-corrected chi connectivity index (χ4v) is 3.33. The van der Waals surface area contributed by atoms with Gasteiger partial charge in [-0.2, -0.15) is 0 Å². The van der Waals surface area contributed by atoms with Crippen molar-refractivity contribution in [2.24, 2.45) is 0 Å². The maximum absolute atomic E-state index is 10.1. The van der Waals surface area contributed by atoms with E-state index in [9.17, 15) is 5.11 Å². The van der Waals surface area contributed by atoms with Crippen LogP contribution in [-0.4, -0.2) is 5.11 Å². The quantitative estimate of drug-likeness (QED) is 0.816. The fraction of sp³-hybridized carbons (Fsp3) is 0.167. The van der Waals surface area contributed by atoms with E-state index in [-0.39, 0.29) is 0 Å². The molecule has 0 bridgehead atoms. The molecule has 90 valence electrons. The first kappa shape index (κ1) is 13.4. The van der Waals surface area contributed by atoms with Gasteiger partial charge in [0.05, 0.1) is 19.9 Å². The molecule has 0 saturated carbocycles. The van der Waals surface area contributed by atoms with Gasteiger partial charge in [0.15, 0.2) is 0 Å². The summed E-state index contributed by atoms with van der Waals surface area (Å²) in [6, 6.07) is 9.27. The topological polar surface area (TPSA) is 20.2 Å². The Balaban J connectivity index is 2.18. The molecule has 0 spiro atoms. The molecule has 0 aliphatic heterocycles. The Bertz CT molecular complexity index is 527. The van der Waals surface area contributed by atoms with Gasteiger partial charge < -0.3 is 5.11 Å². The van der Waals surface area contributed by atoms with Crippen LogP contribution in [0.15, 0.2) is 34.1 Å². The molecular formula is C12H9BrCl2OS. The maximum Gasteiger partial charge on any atom is 0.0923 e. The Morgan fingerprint density at radius 2 is 2.00 bits per heavy atom. The van der Waals surface area contributed by atoms with Crippen molar-refractivity contribution in [3.05, 3.63) is 54.6 Å². The van der Waals surface area contributed by atoms with Crippen molar-refractivity contribution in [2.45, 2.75) is 12.5 Å². The number of hydrogen-bond acceptors (Lipinski definition) is 2. The van der Waals surface area contributed by atoms with E-state index in [1.807, 2.05) is 24.3 Å². The second kappa shape index (κ2) is 5.72. The Morgan fingerprint density at radius 3 is 2.65 bits per heavy atom. The summed E-state index contributed by atoms with van der Waals surface area (Å²) < 4.78 is 1.00. The summed E-state index contributed by atoms with van der Waals surface area (Å²) in [7, 11) is 0. The number of thiophene rings is 1. The highest BCUT2D eigenvalue weighted by Gasteiger charge is 2.13. The van der Waals surface area contributed by atoms with Crippen LogP contribution in [0.4, 0.5) is 0 Å². The van der Waals surface area contributed by atoms with E-state index in [4.69, 9.17) is 23.2 Å². The second-order valence-electron chi connectivity index (χ2n) is 3.57. The molecule has 0 fully saturated rings. The van der Waals surface area contributed by atoms with Gasteiger partial charge >= 0.3 is 0 Å². The number of rotatable bonds is 3. The molecule has 0 aliphatic carbocycles. The highest BCUT2D eigenvalue weighted by Crippen LogP contribution is 2.32. The van der Waals surface area contributed by atoms with Gasteiger partial charge in [0.25, 0.3) is 0 Å². The molecule has 1 aromatic carbocycles. The standard InChI is InChI=1S/C12H9BrCl2OS/c13-11-5-4-10(17-11)9(16)6-7-2-1-3-8(14)12(7)15/h1-5,9,16H,6H2. The van der Waals surface area contributed by atoms with Crippen molar-refractivity contribution >= 4 is 50.5 Å². The molecule has 1 unspecified atom stereocenters. The SMILES string of the molecule is OC(Cc1cccc(Cl)c1Cl)c1ccc(Br)s1. The lowest BCUT2D eigenvalue weighted by Gasteiger charge is -2.10. The van der Waals surface area contributed by atoms with Gasteiger partial charge in [0.1, 0.15) is 0 Å². The van der Waals surface area contributed by atoms with Crippen molar-refractivity contribution < 1.29 is 5.11 Å². The molecule has 2 rings (SSSR count). The monoisotopic (exact) mass is 350 g/mol. The molecule has 0 aliphatic rings. The van der Waals surface area contributed by atoms with Crippen LogP contribution in [0.25, 0.3) is 0 Å². The Kier molecular flexibility index (Phi) is 4.50. The van der Waals surface area contributed by atoms with Gasteiger partial charge in [-0.1, -0.05) is 35.3 Å². The summed E-state index contributed by atoms with van der Waals surface area (Å²) >= 11 is 16.9. The Labute approximate surface area is 122 Å². The van der Waals surface area contributed by atoms with Crippen LogP contribution >= 0.6 is 50.5 Å². The molecule has 0 radical (unpaired) electrons. The van der Waals surface area contributed by atoms with Gasteiger partial charge in [0.2, 0.25) is 0 Å². The van der Waals surface area contributed by atoms with E-state index in [1.54, 1.807) is 6.07 Å². The lowest BCUT2D eigenvalue weighted by Crippen LogP contribution is -2.00. The van der Waals surface area contributed by atoms with Crippen molar-refractivity contribution in [1.29, 1.82) is 0 Å². The first-order valence-electron chi connectivity index (χ1n) is 4.94. The zero-order chi connectivity index (χ0) is 12.4. The predicted molar refractivity (Wildman–Crippen MR) is 77.1 cm³/mol. The third kappa shape index (κ3) is 3.24. The highest BCUT2D eigenvalue weighted by molar-refractivity contribution is 9.11. The molecule has 0 amide bonds. The summed E-state index contributed by atoms with van der Waals surface area (Å²) in [5.74, 6) is 0. The highest BCUT2D eigenvalue weighted by atomic mass is 79.9. The third-order valence-corrected chi connectivity index (χ3v) is 4.95. The van der Waals surface area contributed by atoms with Crippen molar-refractivity contribution in [2.75, 3.05) is 0 Å². The molecule has 1 heterocycles. The normalized spacial score (nSPS) is 12.7. The predicted octanol–water partition coefficient (Wildman–Crippen LogP) is 5.09. The molecule has 0 saturated heterocycles. The van der Waals surface area contributed by atoms with Crippen LogP contribution in [0.3, 0.4) is 0 Å². The molecule has 5 heteroatoms. The third-order valence-electron chi connectivity index (χ3n) is 2.37. The van der Waals surface area contributed by atoms with E-state index in [2.05, 4.69) is 15.9 Å². The smallest absolute Gasteiger partial charge is 0.0923 e. The molecule has 1 aromatic heterocycles. The minimum atomic E-state index is -0.553. The van der Waals surface area contributed by atoms with E-state index < -0.39 is 6.10 Å². The van der Waals surface area contributed by atoms with E-state index in [0.717, 1.165) is 14.2 Å². The number of halogens is 3. The minimum absolute atomic E-state index is 0.465. The molecule has 17 heavy (non-hydrogen) atoms. The average molecular weight is 352 g/mol. The lowest BCUT2D eigenvalue weighted by atomic mass is 10.1. The Morgan fingerprint density at radius 1 is 1.24 bits per heavy atom. The first-order chi connectivity index (χ1) is 8.08. The van der Waals surface area contributed by atoms with Gasteiger partial charge in [-0.3, -0.25) is 0 Å². The van der Waals surface area contributed by atoms with Gasteiger partial charge in [0, 0.05) is 11.3 Å². The summed E-state index contributed by atoms with van der Waals surface area (Å²) in [5.41, 5.74) is 0.858. The molecular weight excluding hydrogens is 343 g/mol.